The van der Waals surface area contributed by atoms with Gasteiger partial charge in [0, 0.05) is 7.05 Å². The predicted molar refractivity (Wildman–Crippen MR) is 129 cm³/mol. The van der Waals surface area contributed by atoms with Gasteiger partial charge in [0.15, 0.2) is 10.8 Å². The van der Waals surface area contributed by atoms with Crippen LogP contribution in [0.4, 0.5) is 5.13 Å². The lowest BCUT2D eigenvalue weighted by molar-refractivity contribution is -0.120. The van der Waals surface area contributed by atoms with Gasteiger partial charge in [-0.25, -0.2) is 4.68 Å². The zero-order valence-corrected chi connectivity index (χ0v) is 19.7. The number of likely N-dealkylation sites (N-methyl/N-ethyl adjacent to an activating group) is 1. The number of aryl methyl sites for hydroxylation is 2. The van der Waals surface area contributed by atoms with Gasteiger partial charge in [-0.3, -0.25) is 4.79 Å². The van der Waals surface area contributed by atoms with Crippen LogP contribution in [0.2, 0.25) is 0 Å². The SMILES string of the molecule is COc1ccc(C(C)NC(=O)CN(C)c2nc3c(s2)c(C)nn3-c2cccc(C)c2)cc1. The molecule has 1 unspecified atom stereocenters. The summed E-state index contributed by atoms with van der Waals surface area (Å²) in [4.78, 5) is 19.3. The highest BCUT2D eigenvalue weighted by atomic mass is 32.1. The van der Waals surface area contributed by atoms with Gasteiger partial charge in [0.25, 0.3) is 0 Å². The lowest BCUT2D eigenvalue weighted by Crippen LogP contribution is -2.36. The fraction of sp³-hybridized carbons (Fsp3) is 0.292. The van der Waals surface area contributed by atoms with Gasteiger partial charge in [-0.05, 0) is 56.2 Å². The van der Waals surface area contributed by atoms with E-state index in [-0.39, 0.29) is 18.5 Å². The lowest BCUT2D eigenvalue weighted by atomic mass is 10.1. The van der Waals surface area contributed by atoms with Crippen molar-refractivity contribution in [2.75, 3.05) is 25.6 Å². The quantitative estimate of drug-likeness (QED) is 0.452. The number of benzene rings is 2. The largest absolute Gasteiger partial charge is 0.497 e. The molecular formula is C24H27N5O2S. The van der Waals surface area contributed by atoms with Crippen LogP contribution in [0.15, 0.2) is 48.5 Å². The first-order valence-corrected chi connectivity index (χ1v) is 11.2. The molecule has 2 aromatic heterocycles. The maximum atomic E-state index is 12.7. The van der Waals surface area contributed by atoms with E-state index in [1.54, 1.807) is 18.4 Å². The summed E-state index contributed by atoms with van der Waals surface area (Å²) < 4.78 is 8.10. The van der Waals surface area contributed by atoms with Crippen molar-refractivity contribution in [2.45, 2.75) is 26.8 Å². The first kappa shape index (κ1) is 21.8. The maximum Gasteiger partial charge on any atom is 0.240 e. The Hall–Kier alpha value is -3.39. The highest BCUT2D eigenvalue weighted by Crippen LogP contribution is 2.32. The van der Waals surface area contributed by atoms with E-state index in [2.05, 4.69) is 29.5 Å². The summed E-state index contributed by atoms with van der Waals surface area (Å²) >= 11 is 1.55. The van der Waals surface area contributed by atoms with E-state index < -0.39 is 0 Å². The summed E-state index contributed by atoms with van der Waals surface area (Å²) in [5.74, 6) is 0.731. The zero-order valence-electron chi connectivity index (χ0n) is 18.9. The molecule has 0 radical (unpaired) electrons. The Morgan fingerprint density at radius 1 is 1.22 bits per heavy atom. The number of ether oxygens (including phenoxy) is 1. The second kappa shape index (κ2) is 9.00. The Balaban J connectivity index is 1.48. The van der Waals surface area contributed by atoms with Crippen molar-refractivity contribution in [2.24, 2.45) is 0 Å². The summed E-state index contributed by atoms with van der Waals surface area (Å²) in [6, 6.07) is 15.8. The van der Waals surface area contributed by atoms with Crippen LogP contribution in [-0.4, -0.2) is 41.4 Å². The molecule has 8 heteroatoms. The van der Waals surface area contributed by atoms with E-state index in [4.69, 9.17) is 9.72 Å². The van der Waals surface area contributed by atoms with E-state index >= 15 is 0 Å². The third-order valence-electron chi connectivity index (χ3n) is 5.32. The Morgan fingerprint density at radius 3 is 2.66 bits per heavy atom. The van der Waals surface area contributed by atoms with Gasteiger partial charge in [-0.1, -0.05) is 35.6 Å². The molecule has 0 bridgehead atoms. The average molecular weight is 450 g/mol. The van der Waals surface area contributed by atoms with Crippen LogP contribution in [0, 0.1) is 13.8 Å². The molecule has 0 aliphatic rings. The predicted octanol–water partition coefficient (Wildman–Crippen LogP) is 4.42. The fourth-order valence-corrected chi connectivity index (χ4v) is 4.52. The topological polar surface area (TPSA) is 72.3 Å². The van der Waals surface area contributed by atoms with Gasteiger partial charge in [-0.15, -0.1) is 0 Å². The summed E-state index contributed by atoms with van der Waals surface area (Å²) in [5, 5.41) is 8.51. The number of aromatic nitrogens is 3. The highest BCUT2D eigenvalue weighted by molar-refractivity contribution is 7.22. The van der Waals surface area contributed by atoms with Crippen LogP contribution >= 0.6 is 11.3 Å². The molecule has 0 saturated heterocycles. The van der Waals surface area contributed by atoms with Crippen LogP contribution in [0.3, 0.4) is 0 Å². The first-order valence-electron chi connectivity index (χ1n) is 10.4. The fourth-order valence-electron chi connectivity index (χ4n) is 3.57. The van der Waals surface area contributed by atoms with Crippen LogP contribution in [0.5, 0.6) is 5.75 Å². The molecular weight excluding hydrogens is 422 g/mol. The van der Waals surface area contributed by atoms with Crippen molar-refractivity contribution in [3.05, 3.63) is 65.4 Å². The number of nitrogens with zero attached hydrogens (tertiary/aromatic N) is 4. The minimum atomic E-state index is -0.103. The summed E-state index contributed by atoms with van der Waals surface area (Å²) in [6.45, 7) is 6.23. The molecule has 32 heavy (non-hydrogen) atoms. The number of anilines is 1. The normalized spacial score (nSPS) is 12.0. The number of thiazole rings is 1. The molecule has 4 aromatic rings. The van der Waals surface area contributed by atoms with Gasteiger partial charge in [0.1, 0.15) is 5.75 Å². The second-order valence-electron chi connectivity index (χ2n) is 7.90. The summed E-state index contributed by atoms with van der Waals surface area (Å²) in [7, 11) is 3.52. The van der Waals surface area contributed by atoms with Gasteiger partial charge in [-0.2, -0.15) is 10.1 Å². The molecule has 1 atom stereocenters. The Kier molecular flexibility index (Phi) is 6.14. The van der Waals surface area contributed by atoms with E-state index in [9.17, 15) is 4.79 Å². The molecule has 2 heterocycles. The number of rotatable bonds is 7. The van der Waals surface area contributed by atoms with E-state index in [1.807, 2.05) is 66.9 Å². The van der Waals surface area contributed by atoms with Crippen LogP contribution in [0.1, 0.15) is 29.8 Å². The smallest absolute Gasteiger partial charge is 0.240 e. The number of hydrogen-bond acceptors (Lipinski definition) is 6. The van der Waals surface area contributed by atoms with Crippen molar-refractivity contribution in [1.29, 1.82) is 0 Å². The third kappa shape index (κ3) is 4.45. The number of fused-ring (bicyclic) bond motifs is 1. The van der Waals surface area contributed by atoms with Gasteiger partial charge >= 0.3 is 0 Å². The summed E-state index contributed by atoms with van der Waals surface area (Å²) in [5.41, 5.74) is 4.91. The van der Waals surface area contributed by atoms with Crippen LogP contribution < -0.4 is 15.0 Å². The average Bonchev–Trinajstić information content (AvgIpc) is 3.34. The number of methoxy groups -OCH3 is 1. The molecule has 1 N–H and O–H groups in total. The molecule has 0 spiro atoms. The molecule has 7 nitrogen and oxygen atoms in total. The van der Waals surface area contributed by atoms with Crippen molar-refractivity contribution in [1.82, 2.24) is 20.1 Å². The monoisotopic (exact) mass is 449 g/mol. The molecule has 0 aliphatic heterocycles. The maximum absolute atomic E-state index is 12.7. The Morgan fingerprint density at radius 2 is 1.97 bits per heavy atom. The van der Waals surface area contributed by atoms with Gasteiger partial charge < -0.3 is 15.0 Å². The molecule has 0 fully saturated rings. The van der Waals surface area contributed by atoms with Crippen molar-refractivity contribution in [3.8, 4) is 11.4 Å². The minimum Gasteiger partial charge on any atom is -0.497 e. The van der Waals surface area contributed by atoms with E-state index in [1.165, 1.54) is 5.56 Å². The summed E-state index contributed by atoms with van der Waals surface area (Å²) in [6.07, 6.45) is 0. The van der Waals surface area contributed by atoms with Crippen molar-refractivity contribution >= 4 is 32.7 Å². The molecule has 0 saturated carbocycles. The van der Waals surface area contributed by atoms with Gasteiger partial charge in [0.05, 0.1) is 35.8 Å². The third-order valence-corrected chi connectivity index (χ3v) is 6.59. The minimum absolute atomic E-state index is 0.0629. The van der Waals surface area contributed by atoms with E-state index in [0.29, 0.717) is 0 Å². The molecule has 1 amide bonds. The Bertz CT molecular complexity index is 1250. The number of carbonyl (C=O) groups is 1. The lowest BCUT2D eigenvalue weighted by Gasteiger charge is -2.19. The molecule has 4 rings (SSSR count). The molecule has 0 aliphatic carbocycles. The van der Waals surface area contributed by atoms with Crippen LogP contribution in [-0.2, 0) is 4.79 Å². The zero-order chi connectivity index (χ0) is 22.8. The van der Waals surface area contributed by atoms with E-state index in [0.717, 1.165) is 38.2 Å². The number of hydrogen-bond donors (Lipinski definition) is 1. The van der Waals surface area contributed by atoms with Crippen molar-refractivity contribution < 1.29 is 9.53 Å². The van der Waals surface area contributed by atoms with Gasteiger partial charge in [0.2, 0.25) is 5.91 Å². The molecule has 2 aromatic carbocycles. The number of amides is 1. The second-order valence-corrected chi connectivity index (χ2v) is 8.88. The number of carbonyl (C=O) groups excluding carboxylic acids is 1. The number of nitrogens with one attached hydrogen (secondary N) is 1. The molecule has 166 valence electrons. The van der Waals surface area contributed by atoms with Crippen molar-refractivity contribution in [3.63, 3.8) is 0 Å². The van der Waals surface area contributed by atoms with Crippen LogP contribution in [0.25, 0.3) is 16.0 Å². The highest BCUT2D eigenvalue weighted by Gasteiger charge is 2.19. The first-order chi connectivity index (χ1) is 15.4. The Labute approximate surface area is 191 Å². The standard InChI is InChI=1S/C24H27N5O2S/c1-15-7-6-8-19(13-15)29-23-22(17(3)27-29)32-24(26-23)28(4)14-21(30)25-16(2)18-9-11-20(31-5)12-10-18/h6-13,16H,14H2,1-5H3,(H,25,30).